The minimum Gasteiger partial charge on any atom is -0.487 e. The Morgan fingerprint density at radius 3 is 2.32 bits per heavy atom. The zero-order valence-corrected chi connectivity index (χ0v) is 17.1. The van der Waals surface area contributed by atoms with E-state index in [0.717, 1.165) is 0 Å². The molecule has 0 saturated carbocycles. The van der Waals surface area contributed by atoms with E-state index >= 15 is 4.39 Å². The Hall–Kier alpha value is -3.02. The summed E-state index contributed by atoms with van der Waals surface area (Å²) in [7, 11) is 0. The first-order chi connectivity index (χ1) is 14.8. The van der Waals surface area contributed by atoms with Gasteiger partial charge >= 0.3 is 0 Å². The molecule has 0 radical (unpaired) electrons. The van der Waals surface area contributed by atoms with Gasteiger partial charge in [-0.2, -0.15) is 4.39 Å². The van der Waals surface area contributed by atoms with Gasteiger partial charge in [0.15, 0.2) is 34.4 Å². The van der Waals surface area contributed by atoms with Gasteiger partial charge in [-0.05, 0) is 73.9 Å². The normalized spacial score (nSPS) is 16.0. The van der Waals surface area contributed by atoms with Crippen molar-refractivity contribution in [1.29, 1.82) is 0 Å². The number of hydrogen-bond acceptors (Lipinski definition) is 2. The number of hydrogen-bond donors (Lipinski definition) is 0. The number of rotatable bonds is 3. The Bertz CT molecular complexity index is 1340. The predicted molar refractivity (Wildman–Crippen MR) is 111 cm³/mol. The third-order valence-electron chi connectivity index (χ3n) is 6.14. The quantitative estimate of drug-likeness (QED) is 0.325. The van der Waals surface area contributed by atoms with Crippen molar-refractivity contribution in [3.05, 3.63) is 75.9 Å². The van der Waals surface area contributed by atoms with E-state index < -0.39 is 23.3 Å². The smallest absolute Gasteiger partial charge is 0.201 e. The minimum atomic E-state index is -0.966. The van der Waals surface area contributed by atoms with Crippen molar-refractivity contribution in [2.45, 2.75) is 45.6 Å². The lowest BCUT2D eigenvalue weighted by Gasteiger charge is -2.27. The molecule has 4 aromatic rings. The SMILES string of the molecule is Cc1cc2c(c(F)c1F)OC(CCc1ccc3c(oc4c(F)c(C)ccc43)c1F)CC2. The number of halogens is 4. The second kappa shape index (κ2) is 7.29. The van der Waals surface area contributed by atoms with E-state index in [9.17, 15) is 13.2 Å². The molecule has 0 spiro atoms. The van der Waals surface area contributed by atoms with Gasteiger partial charge in [-0.25, -0.2) is 13.2 Å². The molecule has 31 heavy (non-hydrogen) atoms. The lowest BCUT2D eigenvalue weighted by Crippen LogP contribution is -2.24. The van der Waals surface area contributed by atoms with Crippen LogP contribution in [0.3, 0.4) is 0 Å². The first-order valence-electron chi connectivity index (χ1n) is 10.3. The minimum absolute atomic E-state index is 0.0236. The van der Waals surface area contributed by atoms with Gasteiger partial charge in [0.2, 0.25) is 5.82 Å². The number of ether oxygens (including phenoxy) is 1. The van der Waals surface area contributed by atoms with Gasteiger partial charge in [0.05, 0.1) is 6.10 Å². The van der Waals surface area contributed by atoms with Crippen LogP contribution in [0.25, 0.3) is 21.9 Å². The van der Waals surface area contributed by atoms with Crippen LogP contribution in [0.4, 0.5) is 17.6 Å². The molecule has 160 valence electrons. The van der Waals surface area contributed by atoms with E-state index in [1.165, 1.54) is 6.92 Å². The zero-order chi connectivity index (χ0) is 21.9. The highest BCUT2D eigenvalue weighted by Crippen LogP contribution is 2.36. The standard InChI is InChI=1S/C25H20F4O2/c1-12-3-9-17-18-10-6-14(21(28)25(18)31-24(17)20(12)27)4-7-16-8-5-15-11-13(2)19(26)22(29)23(15)30-16/h3,6,9-11,16H,4-5,7-8H2,1-2H3. The maximum absolute atomic E-state index is 15.1. The fourth-order valence-corrected chi connectivity index (χ4v) is 4.35. The number of fused-ring (bicyclic) bond motifs is 4. The molecule has 0 amide bonds. The average molecular weight is 428 g/mol. The number of furan rings is 1. The highest BCUT2D eigenvalue weighted by Gasteiger charge is 2.26. The van der Waals surface area contributed by atoms with Gasteiger partial charge in [0.25, 0.3) is 0 Å². The van der Waals surface area contributed by atoms with Gasteiger partial charge in [0, 0.05) is 10.8 Å². The maximum atomic E-state index is 15.1. The van der Waals surface area contributed by atoms with E-state index in [4.69, 9.17) is 9.15 Å². The summed E-state index contributed by atoms with van der Waals surface area (Å²) >= 11 is 0. The molecule has 2 heterocycles. The van der Waals surface area contributed by atoms with E-state index in [0.29, 0.717) is 53.1 Å². The van der Waals surface area contributed by atoms with Crippen LogP contribution in [0.5, 0.6) is 5.75 Å². The summed E-state index contributed by atoms with van der Waals surface area (Å²) in [6, 6.07) is 8.36. The summed E-state index contributed by atoms with van der Waals surface area (Å²) < 4.78 is 68.9. The van der Waals surface area contributed by atoms with E-state index in [2.05, 4.69) is 0 Å². The Morgan fingerprint density at radius 1 is 0.839 bits per heavy atom. The molecule has 0 bridgehead atoms. The van der Waals surface area contributed by atoms with Crippen LogP contribution in [0.2, 0.25) is 0 Å². The number of benzene rings is 3. The molecule has 0 aliphatic carbocycles. The average Bonchev–Trinajstić information content (AvgIpc) is 3.15. The highest BCUT2D eigenvalue weighted by atomic mass is 19.2. The molecule has 0 N–H and O–H groups in total. The Labute approximate surface area is 176 Å². The van der Waals surface area contributed by atoms with Gasteiger partial charge in [-0.1, -0.05) is 18.2 Å². The molecule has 0 saturated heterocycles. The lowest BCUT2D eigenvalue weighted by molar-refractivity contribution is 0.154. The zero-order valence-electron chi connectivity index (χ0n) is 17.1. The van der Waals surface area contributed by atoms with Crippen LogP contribution in [0.1, 0.15) is 35.1 Å². The van der Waals surface area contributed by atoms with Crippen molar-refractivity contribution in [3.63, 3.8) is 0 Å². The predicted octanol–water partition coefficient (Wildman–Crippen LogP) is 7.09. The topological polar surface area (TPSA) is 22.4 Å². The van der Waals surface area contributed by atoms with Gasteiger partial charge in [0.1, 0.15) is 0 Å². The Morgan fingerprint density at radius 2 is 1.55 bits per heavy atom. The van der Waals surface area contributed by atoms with Crippen molar-refractivity contribution < 1.29 is 26.7 Å². The third-order valence-corrected chi connectivity index (χ3v) is 6.14. The summed E-state index contributed by atoms with van der Waals surface area (Å²) in [5.41, 5.74) is 1.82. The first-order valence-corrected chi connectivity index (χ1v) is 10.3. The molecule has 2 nitrogen and oxygen atoms in total. The number of aryl methyl sites for hydroxylation is 4. The van der Waals surface area contributed by atoms with Crippen LogP contribution < -0.4 is 4.74 Å². The van der Waals surface area contributed by atoms with Crippen LogP contribution in [0.15, 0.2) is 34.7 Å². The molecular formula is C25H20F4O2. The third kappa shape index (κ3) is 3.16. The Balaban J connectivity index is 1.40. The summed E-state index contributed by atoms with van der Waals surface area (Å²) in [5.74, 6) is -2.93. The fourth-order valence-electron chi connectivity index (χ4n) is 4.35. The van der Waals surface area contributed by atoms with Crippen molar-refractivity contribution in [2.24, 2.45) is 0 Å². The first kappa shape index (κ1) is 19.9. The van der Waals surface area contributed by atoms with E-state index in [-0.39, 0.29) is 28.6 Å². The molecule has 1 aliphatic rings. The molecule has 0 fully saturated rings. The molecule has 6 heteroatoms. The Kier molecular flexibility index (Phi) is 4.68. The van der Waals surface area contributed by atoms with Crippen molar-refractivity contribution >= 4 is 21.9 Å². The van der Waals surface area contributed by atoms with Crippen LogP contribution >= 0.6 is 0 Å². The molecule has 1 aromatic heterocycles. The fraction of sp³-hybridized carbons (Fsp3) is 0.280. The maximum Gasteiger partial charge on any atom is 0.201 e. The second-order valence-corrected chi connectivity index (χ2v) is 8.22. The van der Waals surface area contributed by atoms with Crippen LogP contribution in [0, 0.1) is 37.1 Å². The van der Waals surface area contributed by atoms with Crippen molar-refractivity contribution in [1.82, 2.24) is 0 Å². The summed E-state index contributed by atoms with van der Waals surface area (Å²) in [5, 5.41) is 1.05. The van der Waals surface area contributed by atoms with E-state index in [1.54, 1.807) is 37.3 Å². The van der Waals surface area contributed by atoms with Crippen LogP contribution in [-0.2, 0) is 12.8 Å². The van der Waals surface area contributed by atoms with E-state index in [1.807, 2.05) is 0 Å². The monoisotopic (exact) mass is 428 g/mol. The molecule has 3 aromatic carbocycles. The van der Waals surface area contributed by atoms with Gasteiger partial charge in [-0.15, -0.1) is 0 Å². The summed E-state index contributed by atoms with van der Waals surface area (Å²) in [6.45, 7) is 3.15. The summed E-state index contributed by atoms with van der Waals surface area (Å²) in [6.07, 6.45) is 1.62. The largest absolute Gasteiger partial charge is 0.487 e. The molecular weight excluding hydrogens is 408 g/mol. The van der Waals surface area contributed by atoms with Crippen molar-refractivity contribution in [3.8, 4) is 5.75 Å². The van der Waals surface area contributed by atoms with Gasteiger partial charge in [-0.3, -0.25) is 0 Å². The highest BCUT2D eigenvalue weighted by molar-refractivity contribution is 6.05. The van der Waals surface area contributed by atoms with Crippen LogP contribution in [-0.4, -0.2) is 6.10 Å². The summed E-state index contributed by atoms with van der Waals surface area (Å²) in [4.78, 5) is 0. The molecule has 1 unspecified atom stereocenters. The van der Waals surface area contributed by atoms with Crippen molar-refractivity contribution in [2.75, 3.05) is 0 Å². The van der Waals surface area contributed by atoms with Gasteiger partial charge < -0.3 is 9.15 Å². The molecule has 5 rings (SSSR count). The molecule has 1 aliphatic heterocycles. The second-order valence-electron chi connectivity index (χ2n) is 8.22. The lowest BCUT2D eigenvalue weighted by atomic mass is 9.96. The molecule has 1 atom stereocenters.